The van der Waals surface area contributed by atoms with Crippen molar-refractivity contribution in [1.82, 2.24) is 4.90 Å². The van der Waals surface area contributed by atoms with E-state index in [9.17, 15) is 14.4 Å². The number of carbonyl (C=O) groups is 3. The molecule has 1 N–H and O–H groups in total. The fraction of sp³-hybridized carbons (Fsp3) is 0.458. The van der Waals surface area contributed by atoms with Crippen LogP contribution in [0.1, 0.15) is 24.9 Å². The Labute approximate surface area is 192 Å². The molecular weight excluding hydrogens is 430 g/mol. The van der Waals surface area contributed by atoms with E-state index in [2.05, 4.69) is 0 Å². The van der Waals surface area contributed by atoms with Gasteiger partial charge in [0.2, 0.25) is 5.91 Å². The zero-order valence-electron chi connectivity index (χ0n) is 18.6. The van der Waals surface area contributed by atoms with Crippen LogP contribution in [0.15, 0.2) is 54.3 Å². The van der Waals surface area contributed by atoms with E-state index >= 15 is 0 Å². The lowest BCUT2D eigenvalue weighted by molar-refractivity contribution is -0.142. The number of hydrogen-bond acceptors (Lipinski definition) is 8. The first-order chi connectivity index (χ1) is 16.0. The van der Waals surface area contributed by atoms with Gasteiger partial charge in [0, 0.05) is 0 Å². The summed E-state index contributed by atoms with van der Waals surface area (Å²) in [5.74, 6) is -1.29. The molecule has 0 spiro atoms. The fourth-order valence-corrected chi connectivity index (χ4v) is 3.57. The smallest absolute Gasteiger partial charge is 0.417 e. The topological polar surface area (TPSA) is 112 Å². The normalized spacial score (nSPS) is 22.4. The molecule has 3 rings (SSSR count). The minimum atomic E-state index is -1.04. The summed E-state index contributed by atoms with van der Waals surface area (Å²) in [5, 5.41) is 8.64. The van der Waals surface area contributed by atoms with Gasteiger partial charge >= 0.3 is 6.09 Å². The molecule has 0 aromatic heterocycles. The molecule has 0 aliphatic carbocycles. The number of imide groups is 1. The molecule has 2 heterocycles. The Hall–Kier alpha value is -3.01. The number of carbonyl (C=O) groups excluding carboxylic acids is 3. The van der Waals surface area contributed by atoms with Crippen molar-refractivity contribution in [3.05, 3.63) is 59.9 Å². The van der Waals surface area contributed by atoms with Crippen LogP contribution in [0, 0.1) is 5.92 Å². The van der Waals surface area contributed by atoms with Crippen molar-refractivity contribution >= 4 is 17.8 Å². The van der Waals surface area contributed by atoms with Crippen molar-refractivity contribution in [1.29, 1.82) is 0 Å². The number of ether oxygens (including phenoxy) is 4. The number of amides is 2. The average Bonchev–Trinajstić information content (AvgIpc) is 3.22. The molecule has 0 unspecified atom stereocenters. The molecule has 9 nitrogen and oxygen atoms in total. The quantitative estimate of drug-likeness (QED) is 0.501. The predicted molar refractivity (Wildman–Crippen MR) is 117 cm³/mol. The van der Waals surface area contributed by atoms with Gasteiger partial charge in [-0.05, 0) is 37.1 Å². The molecule has 1 aromatic carbocycles. The van der Waals surface area contributed by atoms with Gasteiger partial charge in [0.05, 0.1) is 39.0 Å². The van der Waals surface area contributed by atoms with E-state index in [4.69, 9.17) is 24.1 Å². The monoisotopic (exact) mass is 459 g/mol. The molecule has 1 aromatic rings. The van der Waals surface area contributed by atoms with Gasteiger partial charge in [-0.2, -0.15) is 0 Å². The van der Waals surface area contributed by atoms with E-state index in [0.717, 1.165) is 10.5 Å². The zero-order chi connectivity index (χ0) is 23.6. The van der Waals surface area contributed by atoms with Gasteiger partial charge in [0.1, 0.15) is 18.4 Å². The van der Waals surface area contributed by atoms with E-state index in [1.807, 2.05) is 30.3 Å². The Bertz CT molecular complexity index is 882. The Morgan fingerprint density at radius 1 is 1.15 bits per heavy atom. The molecule has 0 saturated carbocycles. The number of allylic oxidation sites excluding steroid dienone is 1. The van der Waals surface area contributed by atoms with Crippen molar-refractivity contribution in [3.63, 3.8) is 0 Å². The number of hydrogen-bond donors (Lipinski definition) is 1. The van der Waals surface area contributed by atoms with Crippen molar-refractivity contribution in [2.75, 3.05) is 39.6 Å². The molecule has 2 amide bonds. The molecular formula is C24H29NO8. The second-order valence-electron chi connectivity index (χ2n) is 7.62. The summed E-state index contributed by atoms with van der Waals surface area (Å²) < 4.78 is 21.5. The SMILES string of the molecule is C[C@H](C(=O)N1C(=O)OC[C@@H]1c1ccccc1)[C@@H]1OC(=CCCOCCOCCO)C=CC1=O. The van der Waals surface area contributed by atoms with Gasteiger partial charge < -0.3 is 24.1 Å². The summed E-state index contributed by atoms with van der Waals surface area (Å²) in [6.45, 7) is 3.12. The molecule has 2 aliphatic rings. The third kappa shape index (κ3) is 6.50. The van der Waals surface area contributed by atoms with E-state index in [1.165, 1.54) is 6.08 Å². The average molecular weight is 459 g/mol. The number of aliphatic hydroxyl groups excluding tert-OH is 1. The summed E-state index contributed by atoms with van der Waals surface area (Å²) in [5.41, 5.74) is 0.780. The van der Waals surface area contributed by atoms with Crippen LogP contribution in [0.25, 0.3) is 0 Å². The summed E-state index contributed by atoms with van der Waals surface area (Å²) >= 11 is 0. The maximum atomic E-state index is 13.2. The number of aliphatic hydroxyl groups is 1. The third-order valence-electron chi connectivity index (χ3n) is 5.31. The van der Waals surface area contributed by atoms with Crippen LogP contribution in [0.5, 0.6) is 0 Å². The van der Waals surface area contributed by atoms with Crippen molar-refractivity contribution < 1.29 is 38.4 Å². The Kier molecular flexibility index (Phi) is 9.17. The van der Waals surface area contributed by atoms with Crippen molar-refractivity contribution in [2.45, 2.75) is 25.5 Å². The zero-order valence-corrected chi connectivity index (χ0v) is 18.6. The van der Waals surface area contributed by atoms with E-state index in [1.54, 1.807) is 19.1 Å². The van der Waals surface area contributed by atoms with Crippen LogP contribution in [0.3, 0.4) is 0 Å². The van der Waals surface area contributed by atoms with Crippen LogP contribution in [0.2, 0.25) is 0 Å². The highest BCUT2D eigenvalue weighted by atomic mass is 16.6. The highest BCUT2D eigenvalue weighted by molar-refractivity contribution is 6.01. The lowest BCUT2D eigenvalue weighted by Gasteiger charge is -2.29. The second kappa shape index (κ2) is 12.3. The van der Waals surface area contributed by atoms with Gasteiger partial charge in [0.15, 0.2) is 11.9 Å². The van der Waals surface area contributed by atoms with Crippen LogP contribution in [0.4, 0.5) is 4.79 Å². The molecule has 2 aliphatic heterocycles. The first kappa shape index (κ1) is 24.6. The van der Waals surface area contributed by atoms with Crippen LogP contribution in [-0.4, -0.2) is 73.5 Å². The predicted octanol–water partition coefficient (Wildman–Crippen LogP) is 2.17. The number of benzene rings is 1. The third-order valence-corrected chi connectivity index (χ3v) is 5.31. The van der Waals surface area contributed by atoms with Crippen LogP contribution >= 0.6 is 0 Å². The molecule has 178 valence electrons. The van der Waals surface area contributed by atoms with E-state index < -0.39 is 30.1 Å². The molecule has 33 heavy (non-hydrogen) atoms. The molecule has 3 atom stereocenters. The van der Waals surface area contributed by atoms with Gasteiger partial charge in [-0.1, -0.05) is 30.3 Å². The van der Waals surface area contributed by atoms with Gasteiger partial charge in [-0.15, -0.1) is 0 Å². The fourth-order valence-electron chi connectivity index (χ4n) is 3.57. The standard InChI is InChI=1S/C24H29NO8/c1-17(23(28)25-20(16-32-24(25)29)18-6-3-2-4-7-18)22-21(27)10-9-19(33-22)8-5-12-30-14-15-31-13-11-26/h2-4,6-10,17,20,22,26H,5,11-16H2,1H3/t17-,20+,22-/m0/s1. The van der Waals surface area contributed by atoms with Gasteiger partial charge in [-0.25, -0.2) is 9.69 Å². The molecule has 1 fully saturated rings. The minimum absolute atomic E-state index is 0.0254. The number of rotatable bonds is 11. The molecule has 9 heteroatoms. The number of nitrogens with zero attached hydrogens (tertiary/aromatic N) is 1. The van der Waals surface area contributed by atoms with Crippen molar-refractivity contribution in [2.24, 2.45) is 5.92 Å². The Morgan fingerprint density at radius 2 is 1.88 bits per heavy atom. The van der Waals surface area contributed by atoms with Crippen LogP contribution < -0.4 is 0 Å². The Balaban J connectivity index is 1.57. The van der Waals surface area contributed by atoms with Crippen molar-refractivity contribution in [3.8, 4) is 0 Å². The van der Waals surface area contributed by atoms with E-state index in [0.29, 0.717) is 32.0 Å². The highest BCUT2D eigenvalue weighted by Crippen LogP contribution is 2.31. The summed E-state index contributed by atoms with van der Waals surface area (Å²) in [6, 6.07) is 8.60. The van der Waals surface area contributed by atoms with Crippen LogP contribution in [-0.2, 0) is 28.5 Å². The second-order valence-corrected chi connectivity index (χ2v) is 7.62. The Morgan fingerprint density at radius 3 is 2.61 bits per heavy atom. The number of cyclic esters (lactones) is 1. The number of ketones is 1. The lowest BCUT2D eigenvalue weighted by Crippen LogP contribution is -2.45. The van der Waals surface area contributed by atoms with E-state index in [-0.39, 0.29) is 25.6 Å². The maximum absolute atomic E-state index is 13.2. The molecule has 0 radical (unpaired) electrons. The largest absolute Gasteiger partial charge is 0.482 e. The first-order valence-corrected chi connectivity index (χ1v) is 10.9. The molecule has 0 bridgehead atoms. The van der Waals surface area contributed by atoms with Gasteiger partial charge in [-0.3, -0.25) is 9.59 Å². The maximum Gasteiger partial charge on any atom is 0.417 e. The highest BCUT2D eigenvalue weighted by Gasteiger charge is 2.44. The summed E-state index contributed by atoms with van der Waals surface area (Å²) in [7, 11) is 0. The minimum Gasteiger partial charge on any atom is -0.482 e. The summed E-state index contributed by atoms with van der Waals surface area (Å²) in [6.07, 6.45) is 3.49. The first-order valence-electron chi connectivity index (χ1n) is 10.9. The molecule has 1 saturated heterocycles. The van der Waals surface area contributed by atoms with Gasteiger partial charge in [0.25, 0.3) is 0 Å². The summed E-state index contributed by atoms with van der Waals surface area (Å²) in [4.78, 5) is 39.0. The lowest BCUT2D eigenvalue weighted by atomic mass is 9.96.